The quantitative estimate of drug-likeness (QED) is 0.680. The van der Waals surface area contributed by atoms with Crippen LogP contribution in [0.3, 0.4) is 0 Å². The van der Waals surface area contributed by atoms with E-state index in [0.29, 0.717) is 12.0 Å². The van der Waals surface area contributed by atoms with Crippen molar-refractivity contribution in [3.05, 3.63) is 24.2 Å². The van der Waals surface area contributed by atoms with E-state index < -0.39 is 0 Å². The molecule has 3 heteroatoms. The number of nitrogens with one attached hydrogen (secondary N) is 1. The summed E-state index contributed by atoms with van der Waals surface area (Å²) in [5.41, 5.74) is 1.19. The van der Waals surface area contributed by atoms with Crippen LogP contribution in [-0.4, -0.2) is 18.3 Å². The lowest BCUT2D eigenvalue weighted by molar-refractivity contribution is 0.227. The normalized spacial score (nSPS) is 15.1. The van der Waals surface area contributed by atoms with E-state index in [0.717, 1.165) is 19.4 Å². The molecule has 1 rings (SSSR count). The largest absolute Gasteiger partial charge is 0.472 e. The van der Waals surface area contributed by atoms with E-state index in [1.807, 2.05) is 6.07 Å². The number of aliphatic hydroxyl groups is 1. The minimum atomic E-state index is 0.289. The molecule has 0 radical (unpaired) electrons. The van der Waals surface area contributed by atoms with Crippen molar-refractivity contribution in [3.63, 3.8) is 0 Å². The van der Waals surface area contributed by atoms with Crippen LogP contribution in [0.25, 0.3) is 0 Å². The van der Waals surface area contributed by atoms with Crippen molar-refractivity contribution < 1.29 is 9.52 Å². The zero-order chi connectivity index (χ0) is 11.1. The molecule has 0 bridgehead atoms. The van der Waals surface area contributed by atoms with Gasteiger partial charge in [0, 0.05) is 18.2 Å². The summed E-state index contributed by atoms with van der Waals surface area (Å²) in [6.07, 6.45) is 5.64. The summed E-state index contributed by atoms with van der Waals surface area (Å²) in [6, 6.07) is 2.32. The van der Waals surface area contributed by atoms with Crippen molar-refractivity contribution in [2.75, 3.05) is 13.2 Å². The Morgan fingerprint density at radius 2 is 2.27 bits per heavy atom. The van der Waals surface area contributed by atoms with Crippen LogP contribution in [0.4, 0.5) is 0 Å². The third-order valence-electron chi connectivity index (χ3n) is 2.68. The topological polar surface area (TPSA) is 45.4 Å². The third kappa shape index (κ3) is 4.49. The van der Waals surface area contributed by atoms with E-state index in [4.69, 9.17) is 9.52 Å². The van der Waals surface area contributed by atoms with Crippen molar-refractivity contribution in [1.29, 1.82) is 0 Å². The Morgan fingerprint density at radius 3 is 2.87 bits per heavy atom. The number of aliphatic hydroxyl groups excluding tert-OH is 1. The summed E-state index contributed by atoms with van der Waals surface area (Å²) < 4.78 is 5.02. The van der Waals surface area contributed by atoms with E-state index in [9.17, 15) is 0 Å². The third-order valence-corrected chi connectivity index (χ3v) is 2.68. The molecule has 0 saturated carbocycles. The summed E-state index contributed by atoms with van der Waals surface area (Å²) in [5.74, 6) is 0.413. The summed E-state index contributed by atoms with van der Waals surface area (Å²) in [6.45, 7) is 5.47. The number of furan rings is 1. The Morgan fingerprint density at radius 1 is 1.47 bits per heavy atom. The van der Waals surface area contributed by atoms with Crippen LogP contribution in [0.2, 0.25) is 0 Å². The zero-order valence-corrected chi connectivity index (χ0v) is 9.57. The maximum atomic E-state index is 8.86. The molecule has 2 unspecified atom stereocenters. The molecule has 86 valence electrons. The Balaban J connectivity index is 2.10. The van der Waals surface area contributed by atoms with Crippen LogP contribution in [0.15, 0.2) is 23.0 Å². The Bertz CT molecular complexity index is 246. The first-order chi connectivity index (χ1) is 7.24. The SMILES string of the molecule is CC(CO)CCCNC(C)c1ccoc1. The predicted molar refractivity (Wildman–Crippen MR) is 60.6 cm³/mol. The molecule has 0 fully saturated rings. The van der Waals surface area contributed by atoms with Gasteiger partial charge < -0.3 is 14.8 Å². The molecule has 1 heterocycles. The van der Waals surface area contributed by atoms with Gasteiger partial charge >= 0.3 is 0 Å². The minimum absolute atomic E-state index is 0.289. The highest BCUT2D eigenvalue weighted by atomic mass is 16.3. The van der Waals surface area contributed by atoms with Gasteiger partial charge in [0.1, 0.15) is 0 Å². The zero-order valence-electron chi connectivity index (χ0n) is 9.57. The van der Waals surface area contributed by atoms with E-state index in [1.165, 1.54) is 5.56 Å². The van der Waals surface area contributed by atoms with Gasteiger partial charge in [0.2, 0.25) is 0 Å². The van der Waals surface area contributed by atoms with Crippen molar-refractivity contribution >= 4 is 0 Å². The molecule has 0 aliphatic carbocycles. The van der Waals surface area contributed by atoms with Crippen LogP contribution >= 0.6 is 0 Å². The summed E-state index contributed by atoms with van der Waals surface area (Å²) in [5, 5.41) is 12.3. The average molecular weight is 211 g/mol. The van der Waals surface area contributed by atoms with E-state index >= 15 is 0 Å². The highest BCUT2D eigenvalue weighted by molar-refractivity contribution is 5.09. The predicted octanol–water partition coefficient (Wildman–Crippen LogP) is 2.34. The summed E-state index contributed by atoms with van der Waals surface area (Å²) in [4.78, 5) is 0. The van der Waals surface area contributed by atoms with Crippen LogP contribution in [0.5, 0.6) is 0 Å². The van der Waals surface area contributed by atoms with Gasteiger partial charge in [-0.15, -0.1) is 0 Å². The molecule has 0 saturated heterocycles. The fraction of sp³-hybridized carbons (Fsp3) is 0.667. The molecule has 0 amide bonds. The molecule has 2 N–H and O–H groups in total. The van der Waals surface area contributed by atoms with Gasteiger partial charge in [-0.1, -0.05) is 6.92 Å². The van der Waals surface area contributed by atoms with E-state index in [-0.39, 0.29) is 6.61 Å². The number of hydrogen-bond acceptors (Lipinski definition) is 3. The maximum Gasteiger partial charge on any atom is 0.0950 e. The Kier molecular flexibility index (Phi) is 5.43. The first-order valence-electron chi connectivity index (χ1n) is 5.60. The molecule has 0 aliphatic rings. The molecule has 0 spiro atoms. The fourth-order valence-corrected chi connectivity index (χ4v) is 1.50. The van der Waals surface area contributed by atoms with Gasteiger partial charge in [0.25, 0.3) is 0 Å². The number of rotatable bonds is 7. The Hall–Kier alpha value is -0.800. The summed E-state index contributed by atoms with van der Waals surface area (Å²) in [7, 11) is 0. The molecular formula is C12H21NO2. The van der Waals surface area contributed by atoms with Crippen LogP contribution in [-0.2, 0) is 0 Å². The van der Waals surface area contributed by atoms with E-state index in [2.05, 4.69) is 19.2 Å². The molecule has 15 heavy (non-hydrogen) atoms. The second-order valence-corrected chi connectivity index (χ2v) is 4.16. The Labute approximate surface area is 91.5 Å². The van der Waals surface area contributed by atoms with Crippen molar-refractivity contribution in [1.82, 2.24) is 5.32 Å². The van der Waals surface area contributed by atoms with Gasteiger partial charge in [0.05, 0.1) is 12.5 Å². The molecule has 0 aliphatic heterocycles. The maximum absolute atomic E-state index is 8.86. The lowest BCUT2D eigenvalue weighted by Gasteiger charge is -2.12. The van der Waals surface area contributed by atoms with Crippen LogP contribution in [0, 0.1) is 5.92 Å². The molecule has 3 nitrogen and oxygen atoms in total. The fourth-order valence-electron chi connectivity index (χ4n) is 1.50. The van der Waals surface area contributed by atoms with Gasteiger partial charge in [-0.25, -0.2) is 0 Å². The van der Waals surface area contributed by atoms with Crippen molar-refractivity contribution in [2.24, 2.45) is 5.92 Å². The highest BCUT2D eigenvalue weighted by Crippen LogP contribution is 2.12. The summed E-state index contributed by atoms with van der Waals surface area (Å²) >= 11 is 0. The smallest absolute Gasteiger partial charge is 0.0950 e. The van der Waals surface area contributed by atoms with Crippen molar-refractivity contribution in [2.45, 2.75) is 32.7 Å². The van der Waals surface area contributed by atoms with Gasteiger partial charge in [-0.2, -0.15) is 0 Å². The van der Waals surface area contributed by atoms with Crippen LogP contribution in [0.1, 0.15) is 38.3 Å². The lowest BCUT2D eigenvalue weighted by Crippen LogP contribution is -2.20. The highest BCUT2D eigenvalue weighted by Gasteiger charge is 2.05. The van der Waals surface area contributed by atoms with Crippen LogP contribution < -0.4 is 5.32 Å². The van der Waals surface area contributed by atoms with E-state index in [1.54, 1.807) is 12.5 Å². The standard InChI is InChI=1S/C12H21NO2/c1-10(8-14)4-3-6-13-11(2)12-5-7-15-9-12/h5,7,9-11,13-14H,3-4,6,8H2,1-2H3. The van der Waals surface area contributed by atoms with Gasteiger partial charge in [0.15, 0.2) is 0 Å². The lowest BCUT2D eigenvalue weighted by atomic mass is 10.1. The van der Waals surface area contributed by atoms with Gasteiger partial charge in [-0.3, -0.25) is 0 Å². The van der Waals surface area contributed by atoms with Gasteiger partial charge in [-0.05, 0) is 38.3 Å². The minimum Gasteiger partial charge on any atom is -0.472 e. The first-order valence-corrected chi connectivity index (χ1v) is 5.60. The molecule has 2 atom stereocenters. The molecular weight excluding hydrogens is 190 g/mol. The second-order valence-electron chi connectivity index (χ2n) is 4.16. The van der Waals surface area contributed by atoms with Crippen molar-refractivity contribution in [3.8, 4) is 0 Å². The molecule has 1 aromatic rings. The second kappa shape index (κ2) is 6.64. The molecule has 1 aromatic heterocycles. The monoisotopic (exact) mass is 211 g/mol. The number of hydrogen-bond donors (Lipinski definition) is 2. The average Bonchev–Trinajstić information content (AvgIpc) is 2.77. The molecule has 0 aromatic carbocycles. The first kappa shape index (κ1) is 12.3.